The zero-order chi connectivity index (χ0) is 21.1. The molecule has 0 spiro atoms. The maximum atomic E-state index is 12.6. The first-order valence-electron chi connectivity index (χ1n) is 9.40. The highest BCUT2D eigenvalue weighted by Crippen LogP contribution is 2.32. The van der Waals surface area contributed by atoms with Gasteiger partial charge in [-0.15, -0.1) is 0 Å². The number of anilines is 1. The lowest BCUT2D eigenvalue weighted by molar-refractivity contribution is -0.121. The zero-order valence-corrected chi connectivity index (χ0v) is 16.3. The second-order valence-corrected chi connectivity index (χ2v) is 6.77. The number of hydrogen-bond donors (Lipinski definition) is 0. The number of fused-ring (bicyclic) bond motifs is 3. The van der Waals surface area contributed by atoms with Gasteiger partial charge in [-0.2, -0.15) is 5.26 Å². The molecule has 0 saturated carbocycles. The second-order valence-electron chi connectivity index (χ2n) is 6.77. The largest absolute Gasteiger partial charge is 0.450 e. The summed E-state index contributed by atoms with van der Waals surface area (Å²) in [5.74, 6) is -1.14. The van der Waals surface area contributed by atoms with E-state index in [1.165, 1.54) is 4.90 Å². The summed E-state index contributed by atoms with van der Waals surface area (Å²) in [5.41, 5.74) is 1.83. The summed E-state index contributed by atoms with van der Waals surface area (Å²) < 4.78 is 11.1. The third-order valence-corrected chi connectivity index (χ3v) is 4.94. The molecule has 0 fully saturated rings. The lowest BCUT2D eigenvalue weighted by atomic mass is 10.1. The third-order valence-electron chi connectivity index (χ3n) is 4.94. The summed E-state index contributed by atoms with van der Waals surface area (Å²) in [6, 6.07) is 22.3. The Bertz CT molecular complexity index is 1290. The summed E-state index contributed by atoms with van der Waals surface area (Å²) in [6.07, 6.45) is 0. The maximum absolute atomic E-state index is 12.6. The normalized spacial score (nSPS) is 10.7. The number of para-hydroxylation sites is 1. The Labute approximate surface area is 172 Å². The molecule has 0 atom stereocenters. The summed E-state index contributed by atoms with van der Waals surface area (Å²) in [4.78, 5) is 26.5. The topological polar surface area (TPSA) is 83.5 Å². The van der Waals surface area contributed by atoms with Gasteiger partial charge in [0.2, 0.25) is 5.76 Å². The van der Waals surface area contributed by atoms with E-state index in [-0.39, 0.29) is 12.3 Å². The van der Waals surface area contributed by atoms with Gasteiger partial charge in [0.1, 0.15) is 12.1 Å². The maximum Gasteiger partial charge on any atom is 0.375 e. The van der Waals surface area contributed by atoms with Crippen molar-refractivity contribution >= 4 is 39.3 Å². The van der Waals surface area contributed by atoms with E-state index in [9.17, 15) is 9.59 Å². The highest BCUT2D eigenvalue weighted by atomic mass is 16.5. The molecule has 1 heterocycles. The number of amides is 1. The van der Waals surface area contributed by atoms with Crippen molar-refractivity contribution in [1.29, 1.82) is 5.26 Å². The summed E-state index contributed by atoms with van der Waals surface area (Å²) in [6.45, 7) is 1.15. The predicted octanol–water partition coefficient (Wildman–Crippen LogP) is 4.61. The van der Waals surface area contributed by atoms with E-state index >= 15 is 0 Å². The monoisotopic (exact) mass is 398 g/mol. The molecule has 4 rings (SSSR count). The van der Waals surface area contributed by atoms with Crippen LogP contribution in [0.4, 0.5) is 5.69 Å². The van der Waals surface area contributed by atoms with Crippen molar-refractivity contribution in [2.45, 2.75) is 6.92 Å². The number of carbonyl (C=O) groups is 2. The fraction of sp³-hybridized carbons (Fsp3) is 0.125. The van der Waals surface area contributed by atoms with E-state index in [1.54, 1.807) is 31.2 Å². The number of nitriles is 1. The van der Waals surface area contributed by atoms with E-state index in [4.69, 9.17) is 14.4 Å². The van der Waals surface area contributed by atoms with Crippen molar-refractivity contribution in [1.82, 2.24) is 0 Å². The Morgan fingerprint density at radius 2 is 1.73 bits per heavy atom. The Kier molecular flexibility index (Phi) is 5.19. The van der Waals surface area contributed by atoms with Crippen LogP contribution in [0.2, 0.25) is 0 Å². The SMILES string of the molecule is Cc1c(C(=O)OCC(=O)N(CC#N)c2ccccc2)oc2c1ccc1ccccc12. The van der Waals surface area contributed by atoms with Gasteiger partial charge in [0.25, 0.3) is 5.91 Å². The van der Waals surface area contributed by atoms with Crippen molar-refractivity contribution < 1.29 is 18.7 Å². The molecule has 0 aliphatic carbocycles. The minimum Gasteiger partial charge on any atom is -0.450 e. The molecule has 148 valence electrons. The lowest BCUT2D eigenvalue weighted by Crippen LogP contribution is -2.35. The Morgan fingerprint density at radius 3 is 2.50 bits per heavy atom. The molecule has 4 aromatic rings. The number of carbonyl (C=O) groups excluding carboxylic acids is 2. The molecule has 1 amide bonds. The molecule has 6 nitrogen and oxygen atoms in total. The van der Waals surface area contributed by atoms with Crippen molar-refractivity contribution in [2.24, 2.45) is 0 Å². The Balaban J connectivity index is 1.56. The number of furan rings is 1. The molecule has 0 radical (unpaired) electrons. The first-order valence-corrected chi connectivity index (χ1v) is 9.40. The van der Waals surface area contributed by atoms with E-state index in [0.29, 0.717) is 16.8 Å². The molecule has 0 N–H and O–H groups in total. The Morgan fingerprint density at radius 1 is 1.00 bits per heavy atom. The highest BCUT2D eigenvalue weighted by molar-refractivity contribution is 6.08. The quantitative estimate of drug-likeness (QED) is 0.362. The van der Waals surface area contributed by atoms with Gasteiger partial charge in [0.15, 0.2) is 6.61 Å². The van der Waals surface area contributed by atoms with Crippen LogP contribution < -0.4 is 4.90 Å². The van der Waals surface area contributed by atoms with Crippen molar-refractivity contribution in [3.8, 4) is 6.07 Å². The first kappa shape index (κ1) is 19.2. The van der Waals surface area contributed by atoms with Crippen LogP contribution in [0.3, 0.4) is 0 Å². The zero-order valence-electron chi connectivity index (χ0n) is 16.3. The van der Waals surface area contributed by atoms with Gasteiger partial charge in [-0.25, -0.2) is 4.79 Å². The van der Waals surface area contributed by atoms with Gasteiger partial charge in [-0.05, 0) is 24.4 Å². The molecular weight excluding hydrogens is 380 g/mol. The minimum atomic E-state index is -0.717. The Hall–Kier alpha value is -4.11. The fourth-order valence-electron chi connectivity index (χ4n) is 3.42. The molecule has 6 heteroatoms. The number of hydrogen-bond acceptors (Lipinski definition) is 5. The molecule has 30 heavy (non-hydrogen) atoms. The van der Waals surface area contributed by atoms with Crippen molar-refractivity contribution in [3.05, 3.63) is 78.1 Å². The predicted molar refractivity (Wildman–Crippen MR) is 113 cm³/mol. The van der Waals surface area contributed by atoms with Gasteiger partial charge in [0, 0.05) is 22.0 Å². The number of benzene rings is 3. The van der Waals surface area contributed by atoms with Crippen LogP contribution in [-0.4, -0.2) is 25.0 Å². The number of aryl methyl sites for hydroxylation is 1. The lowest BCUT2D eigenvalue weighted by Gasteiger charge is -2.19. The average molecular weight is 398 g/mol. The molecular formula is C24H18N2O4. The van der Waals surface area contributed by atoms with Crippen LogP contribution in [-0.2, 0) is 9.53 Å². The van der Waals surface area contributed by atoms with Crippen molar-refractivity contribution in [3.63, 3.8) is 0 Å². The number of esters is 1. The van der Waals surface area contributed by atoms with E-state index in [2.05, 4.69) is 0 Å². The summed E-state index contributed by atoms with van der Waals surface area (Å²) >= 11 is 0. The van der Waals surface area contributed by atoms with Crippen LogP contribution in [0.15, 0.2) is 71.1 Å². The molecule has 0 aliphatic heterocycles. The fourth-order valence-corrected chi connectivity index (χ4v) is 3.42. The standard InChI is InChI=1S/C24H18N2O4/c1-16-19-12-11-17-7-5-6-10-20(17)23(19)30-22(16)24(28)29-15-21(27)26(14-13-25)18-8-3-2-4-9-18/h2-12H,14-15H2,1H3. The van der Waals surface area contributed by atoms with E-state index < -0.39 is 18.5 Å². The van der Waals surface area contributed by atoms with Gasteiger partial charge in [-0.3, -0.25) is 9.69 Å². The van der Waals surface area contributed by atoms with E-state index in [1.807, 2.05) is 48.5 Å². The molecule has 0 bridgehead atoms. The van der Waals surface area contributed by atoms with Gasteiger partial charge in [0.05, 0.1) is 6.07 Å². The molecule has 0 saturated heterocycles. The van der Waals surface area contributed by atoms with Crippen LogP contribution in [0.1, 0.15) is 16.1 Å². The first-order chi connectivity index (χ1) is 14.6. The number of rotatable bonds is 5. The third kappa shape index (κ3) is 3.49. The smallest absolute Gasteiger partial charge is 0.375 e. The van der Waals surface area contributed by atoms with Crippen molar-refractivity contribution in [2.75, 3.05) is 18.1 Å². The number of nitrogens with zero attached hydrogens (tertiary/aromatic N) is 2. The van der Waals surface area contributed by atoms with Crippen LogP contribution in [0.5, 0.6) is 0 Å². The molecule has 3 aromatic carbocycles. The van der Waals surface area contributed by atoms with Crippen LogP contribution >= 0.6 is 0 Å². The van der Waals surface area contributed by atoms with Gasteiger partial charge < -0.3 is 9.15 Å². The molecule has 0 aliphatic rings. The summed E-state index contributed by atoms with van der Waals surface area (Å²) in [5, 5.41) is 11.8. The minimum absolute atomic E-state index is 0.0701. The highest BCUT2D eigenvalue weighted by Gasteiger charge is 2.23. The van der Waals surface area contributed by atoms with Crippen LogP contribution in [0.25, 0.3) is 21.7 Å². The average Bonchev–Trinajstić information content (AvgIpc) is 3.13. The van der Waals surface area contributed by atoms with Gasteiger partial charge in [-0.1, -0.05) is 54.6 Å². The van der Waals surface area contributed by atoms with E-state index in [0.717, 1.165) is 16.2 Å². The second kappa shape index (κ2) is 8.10. The molecule has 0 unspecified atom stereocenters. The summed E-state index contributed by atoms with van der Waals surface area (Å²) in [7, 11) is 0. The molecule has 1 aromatic heterocycles. The van der Waals surface area contributed by atoms with Crippen LogP contribution in [0, 0.1) is 18.3 Å². The van der Waals surface area contributed by atoms with Gasteiger partial charge >= 0.3 is 5.97 Å². The number of ether oxygens (including phenoxy) is 1.